The summed E-state index contributed by atoms with van der Waals surface area (Å²) >= 11 is 17.6. The summed E-state index contributed by atoms with van der Waals surface area (Å²) in [5, 5.41) is 14.6. The molecule has 0 aliphatic heterocycles. The van der Waals surface area contributed by atoms with Crippen molar-refractivity contribution in [3.05, 3.63) is 32.8 Å². The van der Waals surface area contributed by atoms with Gasteiger partial charge in [-0.15, -0.1) is 5.10 Å². The van der Waals surface area contributed by atoms with E-state index in [0.717, 1.165) is 6.07 Å². The number of alkyl halides is 2. The van der Waals surface area contributed by atoms with Crippen LogP contribution in [0.4, 0.5) is 8.78 Å². The third-order valence-electron chi connectivity index (χ3n) is 2.43. The summed E-state index contributed by atoms with van der Waals surface area (Å²) in [5.41, 5.74) is -0.0466. The van der Waals surface area contributed by atoms with E-state index < -0.39 is 18.5 Å². The maximum Gasteiger partial charge on any atom is 0.388 e. The molecular formula is C11H5Cl3F2N2O3. The van der Waals surface area contributed by atoms with Crippen molar-refractivity contribution >= 4 is 40.8 Å². The number of carboxylic acids is 1. The molecule has 0 saturated heterocycles. The monoisotopic (exact) mass is 356 g/mol. The summed E-state index contributed by atoms with van der Waals surface area (Å²) in [5.74, 6) is -1.80. The molecule has 0 aliphatic carbocycles. The van der Waals surface area contributed by atoms with Crippen LogP contribution in [0.25, 0.3) is 11.3 Å². The fraction of sp³-hybridized carbons (Fsp3) is 0.0909. The first kappa shape index (κ1) is 15.8. The first-order valence-corrected chi connectivity index (χ1v) is 6.36. The zero-order valence-corrected chi connectivity index (χ0v) is 12.1. The highest BCUT2D eigenvalue weighted by Crippen LogP contribution is 2.39. The molecule has 2 rings (SSSR count). The number of aromatic carboxylic acids is 1. The van der Waals surface area contributed by atoms with Gasteiger partial charge in [0, 0.05) is 5.56 Å². The van der Waals surface area contributed by atoms with Gasteiger partial charge in [-0.3, -0.25) is 5.10 Å². The molecule has 1 aromatic carbocycles. The predicted molar refractivity (Wildman–Crippen MR) is 72.6 cm³/mol. The number of carbonyl (C=O) groups is 1. The molecule has 0 radical (unpaired) electrons. The number of halogens is 5. The lowest BCUT2D eigenvalue weighted by Gasteiger charge is -2.06. The van der Waals surface area contributed by atoms with Gasteiger partial charge in [-0.25, -0.2) is 4.79 Å². The van der Waals surface area contributed by atoms with Gasteiger partial charge in [-0.05, 0) is 12.1 Å². The van der Waals surface area contributed by atoms with Crippen LogP contribution in [-0.2, 0) is 0 Å². The molecule has 1 aromatic heterocycles. The Kier molecular flexibility index (Phi) is 4.55. The van der Waals surface area contributed by atoms with Crippen molar-refractivity contribution < 1.29 is 23.4 Å². The summed E-state index contributed by atoms with van der Waals surface area (Å²) in [7, 11) is 0. The predicted octanol–water partition coefficient (Wildman–Crippen LogP) is 4.34. The number of aromatic nitrogens is 2. The molecule has 0 amide bonds. The van der Waals surface area contributed by atoms with Crippen molar-refractivity contribution in [2.24, 2.45) is 0 Å². The average Bonchev–Trinajstić information content (AvgIpc) is 2.70. The number of hydrogen-bond acceptors (Lipinski definition) is 3. The van der Waals surface area contributed by atoms with Gasteiger partial charge in [0.05, 0.1) is 21.3 Å². The Bertz CT molecular complexity index is 706. The summed E-state index contributed by atoms with van der Waals surface area (Å²) < 4.78 is 28.4. The fourth-order valence-corrected chi connectivity index (χ4v) is 2.35. The van der Waals surface area contributed by atoms with Crippen molar-refractivity contribution in [2.75, 3.05) is 0 Å². The van der Waals surface area contributed by atoms with Crippen LogP contribution in [0.1, 0.15) is 10.4 Å². The number of nitrogens with one attached hydrogen (secondary N) is 1. The number of H-pyrrole nitrogens is 1. The maximum absolute atomic E-state index is 12.2. The van der Waals surface area contributed by atoms with Crippen molar-refractivity contribution in [1.29, 1.82) is 0 Å². The minimum absolute atomic E-state index is 0.0384. The Balaban J connectivity index is 2.54. The highest BCUT2D eigenvalue weighted by molar-refractivity contribution is 6.39. The zero-order chi connectivity index (χ0) is 15.7. The maximum atomic E-state index is 12.2. The highest BCUT2D eigenvalue weighted by atomic mass is 35.5. The molecule has 10 heteroatoms. The first-order chi connectivity index (χ1) is 9.81. The van der Waals surface area contributed by atoms with Crippen LogP contribution < -0.4 is 4.74 Å². The van der Waals surface area contributed by atoms with E-state index >= 15 is 0 Å². The van der Waals surface area contributed by atoms with E-state index in [0.29, 0.717) is 0 Å². The topological polar surface area (TPSA) is 75.2 Å². The second-order valence-corrected chi connectivity index (χ2v) is 4.91. The number of aromatic amines is 1. The molecule has 1 heterocycles. The Hall–Kier alpha value is -1.57. The number of carboxylic acid groups (broad SMARTS) is 1. The van der Waals surface area contributed by atoms with E-state index in [9.17, 15) is 13.6 Å². The minimum Gasteiger partial charge on any atom is -0.478 e. The second kappa shape index (κ2) is 6.05. The number of benzene rings is 1. The lowest BCUT2D eigenvalue weighted by Crippen LogP contribution is -2.02. The number of hydrogen-bond donors (Lipinski definition) is 2. The average molecular weight is 358 g/mol. The van der Waals surface area contributed by atoms with Crippen LogP contribution in [0.2, 0.25) is 15.1 Å². The van der Waals surface area contributed by atoms with Crippen LogP contribution in [-0.4, -0.2) is 27.9 Å². The van der Waals surface area contributed by atoms with Crippen LogP contribution in [0.5, 0.6) is 5.88 Å². The van der Waals surface area contributed by atoms with Crippen LogP contribution in [0, 0.1) is 0 Å². The fourth-order valence-electron chi connectivity index (χ4n) is 1.56. The third-order valence-corrected chi connectivity index (χ3v) is 3.41. The molecular weight excluding hydrogens is 352 g/mol. The highest BCUT2D eigenvalue weighted by Gasteiger charge is 2.21. The number of ether oxygens (including phenoxy) is 1. The normalized spacial score (nSPS) is 11.0. The minimum atomic E-state index is -3.10. The van der Waals surface area contributed by atoms with Gasteiger partial charge in [-0.1, -0.05) is 34.8 Å². The molecule has 0 saturated carbocycles. The summed E-state index contributed by atoms with van der Waals surface area (Å²) in [6.07, 6.45) is 0. The van der Waals surface area contributed by atoms with Gasteiger partial charge in [0.1, 0.15) is 5.02 Å². The van der Waals surface area contributed by atoms with Gasteiger partial charge in [0.2, 0.25) is 0 Å². The first-order valence-electron chi connectivity index (χ1n) is 5.22. The Morgan fingerprint density at radius 3 is 2.52 bits per heavy atom. The Morgan fingerprint density at radius 2 is 1.95 bits per heavy atom. The van der Waals surface area contributed by atoms with E-state index in [2.05, 4.69) is 14.9 Å². The van der Waals surface area contributed by atoms with E-state index in [4.69, 9.17) is 39.9 Å². The van der Waals surface area contributed by atoms with Gasteiger partial charge >= 0.3 is 12.6 Å². The van der Waals surface area contributed by atoms with E-state index in [1.165, 1.54) is 6.07 Å². The molecule has 0 atom stereocenters. The summed E-state index contributed by atoms with van der Waals surface area (Å²) in [4.78, 5) is 11.0. The van der Waals surface area contributed by atoms with E-state index in [1.54, 1.807) is 0 Å². The summed E-state index contributed by atoms with van der Waals surface area (Å²) in [6.45, 7) is -3.10. The third kappa shape index (κ3) is 3.20. The van der Waals surface area contributed by atoms with E-state index in [-0.39, 0.29) is 31.9 Å². The number of nitrogens with zero attached hydrogens (tertiary/aromatic N) is 1. The van der Waals surface area contributed by atoms with E-state index in [1.807, 2.05) is 0 Å². The van der Waals surface area contributed by atoms with Crippen molar-refractivity contribution in [3.63, 3.8) is 0 Å². The van der Waals surface area contributed by atoms with Crippen molar-refractivity contribution in [3.8, 4) is 17.1 Å². The van der Waals surface area contributed by atoms with Crippen molar-refractivity contribution in [2.45, 2.75) is 6.61 Å². The molecule has 5 nitrogen and oxygen atoms in total. The molecule has 2 aromatic rings. The SMILES string of the molecule is O=C(O)c1cc(-c2[nH]nc(OC(F)F)c2Cl)c(Cl)cc1Cl. The van der Waals surface area contributed by atoms with Gasteiger partial charge < -0.3 is 9.84 Å². The van der Waals surface area contributed by atoms with Crippen LogP contribution in [0.3, 0.4) is 0 Å². The standard InChI is InChI=1S/C11H5Cl3F2N2O3/c12-5-2-6(13)4(10(19)20)1-3(5)8-7(14)9(18-17-8)21-11(15)16/h1-2,11H,(H,17,18)(H,19,20). The summed E-state index contributed by atoms with van der Waals surface area (Å²) in [6, 6.07) is 2.35. The quantitative estimate of drug-likeness (QED) is 0.853. The van der Waals surface area contributed by atoms with Gasteiger partial charge in [0.25, 0.3) is 5.88 Å². The molecule has 2 N–H and O–H groups in total. The molecule has 112 valence electrons. The van der Waals surface area contributed by atoms with Crippen LogP contribution >= 0.6 is 34.8 Å². The molecule has 0 bridgehead atoms. The molecule has 21 heavy (non-hydrogen) atoms. The largest absolute Gasteiger partial charge is 0.478 e. The second-order valence-electron chi connectivity index (χ2n) is 3.71. The molecule has 0 spiro atoms. The van der Waals surface area contributed by atoms with Gasteiger partial charge in [0.15, 0.2) is 0 Å². The Morgan fingerprint density at radius 1 is 1.29 bits per heavy atom. The lowest BCUT2D eigenvalue weighted by molar-refractivity contribution is -0.0528. The smallest absolute Gasteiger partial charge is 0.388 e. The molecule has 0 fully saturated rings. The zero-order valence-electron chi connectivity index (χ0n) is 9.83. The van der Waals surface area contributed by atoms with Crippen LogP contribution in [0.15, 0.2) is 12.1 Å². The molecule has 0 aliphatic rings. The lowest BCUT2D eigenvalue weighted by atomic mass is 10.1. The number of rotatable bonds is 4. The van der Waals surface area contributed by atoms with Gasteiger partial charge in [-0.2, -0.15) is 8.78 Å². The van der Waals surface area contributed by atoms with Crippen molar-refractivity contribution in [1.82, 2.24) is 10.2 Å². The molecule has 0 unspecified atom stereocenters. The Labute approximate surface area is 131 Å².